The maximum Gasteiger partial charge on any atom is 0.133 e. The molecule has 0 saturated carbocycles. The number of nitrogens with one attached hydrogen (secondary N) is 1. The van der Waals surface area contributed by atoms with Crippen LogP contribution in [-0.4, -0.2) is 30.1 Å². The SMILES string of the molecule is COc1ccc2ccnc(NCC(C)SC)c2c1. The average Bonchev–Trinajstić information content (AvgIpc) is 2.43. The largest absolute Gasteiger partial charge is 0.497 e. The van der Waals surface area contributed by atoms with Crippen LogP contribution in [0.3, 0.4) is 0 Å². The molecule has 0 saturated heterocycles. The molecule has 2 rings (SSSR count). The number of hydrogen-bond donors (Lipinski definition) is 1. The molecule has 0 fully saturated rings. The molecule has 4 heteroatoms. The minimum Gasteiger partial charge on any atom is -0.497 e. The van der Waals surface area contributed by atoms with E-state index in [1.165, 1.54) is 5.39 Å². The van der Waals surface area contributed by atoms with Gasteiger partial charge in [-0.25, -0.2) is 4.98 Å². The average molecular weight is 262 g/mol. The lowest BCUT2D eigenvalue weighted by Gasteiger charge is -2.12. The van der Waals surface area contributed by atoms with Gasteiger partial charge in [0.05, 0.1) is 7.11 Å². The van der Waals surface area contributed by atoms with E-state index in [0.717, 1.165) is 23.5 Å². The summed E-state index contributed by atoms with van der Waals surface area (Å²) in [4.78, 5) is 4.41. The Morgan fingerprint density at radius 2 is 2.22 bits per heavy atom. The molecule has 1 aromatic carbocycles. The third kappa shape index (κ3) is 2.88. The van der Waals surface area contributed by atoms with Crippen molar-refractivity contribution in [2.45, 2.75) is 12.2 Å². The number of fused-ring (bicyclic) bond motifs is 1. The highest BCUT2D eigenvalue weighted by Crippen LogP contribution is 2.25. The van der Waals surface area contributed by atoms with Gasteiger partial charge in [-0.2, -0.15) is 11.8 Å². The van der Waals surface area contributed by atoms with Crippen molar-refractivity contribution in [1.29, 1.82) is 0 Å². The summed E-state index contributed by atoms with van der Waals surface area (Å²) in [6, 6.07) is 8.06. The van der Waals surface area contributed by atoms with E-state index < -0.39 is 0 Å². The van der Waals surface area contributed by atoms with Crippen LogP contribution in [0.25, 0.3) is 10.8 Å². The van der Waals surface area contributed by atoms with E-state index in [2.05, 4.69) is 29.5 Å². The number of nitrogens with zero attached hydrogens (tertiary/aromatic N) is 1. The third-order valence-corrected chi connectivity index (χ3v) is 3.90. The lowest BCUT2D eigenvalue weighted by molar-refractivity contribution is 0.415. The zero-order valence-electron chi connectivity index (χ0n) is 10.9. The fourth-order valence-electron chi connectivity index (χ4n) is 1.74. The van der Waals surface area contributed by atoms with Crippen molar-refractivity contribution >= 4 is 28.4 Å². The maximum atomic E-state index is 5.26. The second-order valence-electron chi connectivity index (χ2n) is 4.17. The predicted molar refractivity (Wildman–Crippen MR) is 79.8 cm³/mol. The molecule has 0 amide bonds. The molecule has 0 aliphatic heterocycles. The lowest BCUT2D eigenvalue weighted by Crippen LogP contribution is -2.13. The van der Waals surface area contributed by atoms with Gasteiger partial charge in [0.1, 0.15) is 11.6 Å². The highest BCUT2D eigenvalue weighted by atomic mass is 32.2. The van der Waals surface area contributed by atoms with Crippen molar-refractivity contribution in [2.24, 2.45) is 0 Å². The van der Waals surface area contributed by atoms with Crippen molar-refractivity contribution < 1.29 is 4.74 Å². The van der Waals surface area contributed by atoms with E-state index in [9.17, 15) is 0 Å². The van der Waals surface area contributed by atoms with Gasteiger partial charge in [-0.05, 0) is 29.8 Å². The Labute approximate surface area is 112 Å². The summed E-state index contributed by atoms with van der Waals surface area (Å²) < 4.78 is 5.26. The molecule has 0 bridgehead atoms. The van der Waals surface area contributed by atoms with Gasteiger partial charge >= 0.3 is 0 Å². The van der Waals surface area contributed by atoms with Gasteiger partial charge in [-0.1, -0.05) is 13.0 Å². The van der Waals surface area contributed by atoms with Crippen LogP contribution in [0.15, 0.2) is 30.5 Å². The minimum absolute atomic E-state index is 0.563. The zero-order valence-corrected chi connectivity index (χ0v) is 11.8. The van der Waals surface area contributed by atoms with Crippen molar-refractivity contribution in [2.75, 3.05) is 25.2 Å². The summed E-state index contributed by atoms with van der Waals surface area (Å²) in [6.45, 7) is 3.11. The Balaban J connectivity index is 2.31. The van der Waals surface area contributed by atoms with E-state index in [0.29, 0.717) is 5.25 Å². The molecule has 1 unspecified atom stereocenters. The molecule has 1 N–H and O–H groups in total. The number of ether oxygens (including phenoxy) is 1. The van der Waals surface area contributed by atoms with Gasteiger partial charge < -0.3 is 10.1 Å². The van der Waals surface area contributed by atoms with E-state index in [1.807, 2.05) is 36.2 Å². The number of rotatable bonds is 5. The Morgan fingerprint density at radius 1 is 1.39 bits per heavy atom. The van der Waals surface area contributed by atoms with Gasteiger partial charge in [0, 0.05) is 23.4 Å². The topological polar surface area (TPSA) is 34.1 Å². The first-order valence-electron chi connectivity index (χ1n) is 5.94. The summed E-state index contributed by atoms with van der Waals surface area (Å²) in [5.41, 5.74) is 0. The molecule has 0 spiro atoms. The molecule has 1 aromatic heterocycles. The quantitative estimate of drug-likeness (QED) is 0.895. The summed E-state index contributed by atoms with van der Waals surface area (Å²) in [6.07, 6.45) is 3.95. The highest BCUT2D eigenvalue weighted by Gasteiger charge is 2.05. The van der Waals surface area contributed by atoms with Crippen LogP contribution >= 0.6 is 11.8 Å². The Kier molecular flexibility index (Phi) is 4.31. The van der Waals surface area contributed by atoms with Gasteiger partial charge in [-0.15, -0.1) is 0 Å². The van der Waals surface area contributed by atoms with Crippen LogP contribution in [0.4, 0.5) is 5.82 Å². The van der Waals surface area contributed by atoms with Gasteiger partial charge in [-0.3, -0.25) is 0 Å². The molecule has 96 valence electrons. The molecular weight excluding hydrogens is 244 g/mol. The van der Waals surface area contributed by atoms with Crippen molar-refractivity contribution in [1.82, 2.24) is 4.98 Å². The molecule has 0 aliphatic rings. The molecule has 3 nitrogen and oxygen atoms in total. The number of anilines is 1. The molecule has 1 heterocycles. The lowest BCUT2D eigenvalue weighted by atomic mass is 10.1. The first-order valence-corrected chi connectivity index (χ1v) is 7.23. The Morgan fingerprint density at radius 3 is 2.94 bits per heavy atom. The van der Waals surface area contributed by atoms with Crippen LogP contribution in [0.5, 0.6) is 5.75 Å². The van der Waals surface area contributed by atoms with Gasteiger partial charge in [0.25, 0.3) is 0 Å². The normalized spacial score (nSPS) is 12.4. The Hall–Kier alpha value is -1.42. The van der Waals surface area contributed by atoms with Crippen molar-refractivity contribution in [3.8, 4) is 5.75 Å². The van der Waals surface area contributed by atoms with Crippen LogP contribution in [0.2, 0.25) is 0 Å². The van der Waals surface area contributed by atoms with Gasteiger partial charge in [0.15, 0.2) is 0 Å². The van der Waals surface area contributed by atoms with E-state index >= 15 is 0 Å². The molecule has 0 aliphatic carbocycles. The monoisotopic (exact) mass is 262 g/mol. The minimum atomic E-state index is 0.563. The number of hydrogen-bond acceptors (Lipinski definition) is 4. The summed E-state index contributed by atoms with van der Waals surface area (Å²) >= 11 is 1.84. The first kappa shape index (κ1) is 13.0. The molecule has 18 heavy (non-hydrogen) atoms. The summed E-state index contributed by atoms with van der Waals surface area (Å²) in [5, 5.41) is 6.24. The highest BCUT2D eigenvalue weighted by molar-refractivity contribution is 7.99. The Bertz CT molecular complexity index is 530. The van der Waals surface area contributed by atoms with Crippen LogP contribution < -0.4 is 10.1 Å². The van der Waals surface area contributed by atoms with Gasteiger partial charge in [0.2, 0.25) is 0 Å². The molecule has 2 aromatic rings. The summed E-state index contributed by atoms with van der Waals surface area (Å²) in [7, 11) is 1.68. The first-order chi connectivity index (χ1) is 8.74. The molecular formula is C14H18N2OS. The third-order valence-electron chi connectivity index (χ3n) is 2.93. The smallest absolute Gasteiger partial charge is 0.133 e. The van der Waals surface area contributed by atoms with E-state index in [4.69, 9.17) is 4.74 Å². The van der Waals surface area contributed by atoms with Crippen LogP contribution in [0, 0.1) is 0 Å². The van der Waals surface area contributed by atoms with E-state index in [1.54, 1.807) is 7.11 Å². The molecule has 0 radical (unpaired) electrons. The number of methoxy groups -OCH3 is 1. The summed E-state index contributed by atoms with van der Waals surface area (Å²) in [5.74, 6) is 1.78. The number of pyridine rings is 1. The van der Waals surface area contributed by atoms with Crippen LogP contribution in [0.1, 0.15) is 6.92 Å². The van der Waals surface area contributed by atoms with Crippen LogP contribution in [-0.2, 0) is 0 Å². The maximum absolute atomic E-state index is 5.26. The predicted octanol–water partition coefficient (Wildman–Crippen LogP) is 3.41. The number of benzene rings is 1. The zero-order chi connectivity index (χ0) is 13.0. The number of aromatic nitrogens is 1. The molecule has 1 atom stereocenters. The van der Waals surface area contributed by atoms with Crippen molar-refractivity contribution in [3.63, 3.8) is 0 Å². The standard InChI is InChI=1S/C14H18N2OS/c1-10(18-3)9-16-14-13-8-12(17-2)5-4-11(13)6-7-15-14/h4-8,10H,9H2,1-3H3,(H,15,16). The fraction of sp³-hybridized carbons (Fsp3) is 0.357. The van der Waals surface area contributed by atoms with E-state index in [-0.39, 0.29) is 0 Å². The number of thioether (sulfide) groups is 1. The second kappa shape index (κ2) is 5.96. The second-order valence-corrected chi connectivity index (χ2v) is 5.45. The van der Waals surface area contributed by atoms with Crippen molar-refractivity contribution in [3.05, 3.63) is 30.5 Å². The fourth-order valence-corrected chi connectivity index (χ4v) is 1.99.